The molecule has 0 heterocycles. The molecule has 0 saturated heterocycles. The fourth-order valence-electron chi connectivity index (χ4n) is 3.45. The first-order valence-corrected chi connectivity index (χ1v) is 18.3. The third-order valence-corrected chi connectivity index (χ3v) is 13.5. The van der Waals surface area contributed by atoms with Gasteiger partial charge in [0.05, 0.1) is 0 Å². The molecular weight excluding hydrogens is 348 g/mol. The van der Waals surface area contributed by atoms with Crippen molar-refractivity contribution in [3.63, 3.8) is 0 Å². The Kier molecular flexibility index (Phi) is 5.76. The van der Waals surface area contributed by atoms with Crippen LogP contribution in [0, 0.1) is 0 Å². The number of rotatable bonds is 7. The fraction of sp³-hybridized carbons (Fsp3) is 0.611. The molecule has 1 aromatic carbocycles. The summed E-state index contributed by atoms with van der Waals surface area (Å²) in [4.78, 5) is 11.8. The minimum absolute atomic E-state index is 0.292. The molecule has 0 aliphatic heterocycles. The van der Waals surface area contributed by atoms with Crippen molar-refractivity contribution in [2.24, 2.45) is 0 Å². The molecule has 6 heteroatoms. The maximum absolute atomic E-state index is 11.8. The number of fused-ring (bicyclic) bond motifs is 1. The van der Waals surface area contributed by atoms with Gasteiger partial charge in [-0.1, -0.05) is 18.2 Å². The van der Waals surface area contributed by atoms with Crippen LogP contribution in [0.25, 0.3) is 0 Å². The normalized spacial score (nSPS) is 15.7. The second-order valence-electron chi connectivity index (χ2n) is 8.98. The van der Waals surface area contributed by atoms with E-state index >= 15 is 0 Å². The van der Waals surface area contributed by atoms with Crippen LogP contribution in [0.2, 0.25) is 51.9 Å². The Balaban J connectivity index is 2.11. The SMILES string of the molecule is C[Si](C)(C)O[Si](C)(CCc1ccc2c(c1)CCC2=O)O[Si](C)(C)C. The number of carbonyl (C=O) groups excluding carboxylic acids is 1. The quantitative estimate of drug-likeness (QED) is 0.615. The van der Waals surface area contributed by atoms with Gasteiger partial charge in [-0.05, 0) is 75.8 Å². The van der Waals surface area contributed by atoms with Gasteiger partial charge in [-0.15, -0.1) is 0 Å². The standard InChI is InChI=1S/C18H32O3Si3/c1-22(2,3)20-24(7,21-23(4,5)6)13-12-15-8-10-17-16(14-15)9-11-18(17)19/h8,10,14H,9,11-13H2,1-7H3. The van der Waals surface area contributed by atoms with Gasteiger partial charge in [0.1, 0.15) is 0 Å². The zero-order valence-corrected chi connectivity index (χ0v) is 19.3. The zero-order valence-electron chi connectivity index (χ0n) is 16.3. The number of benzene rings is 1. The molecule has 1 aliphatic carbocycles. The summed E-state index contributed by atoms with van der Waals surface area (Å²) in [6, 6.07) is 7.32. The third-order valence-electron chi connectivity index (χ3n) is 4.00. The molecule has 24 heavy (non-hydrogen) atoms. The lowest BCUT2D eigenvalue weighted by atomic mass is 10.0. The molecule has 0 aromatic heterocycles. The summed E-state index contributed by atoms with van der Waals surface area (Å²) in [6.07, 6.45) is 2.54. The molecule has 0 atom stereocenters. The number of hydrogen-bond donors (Lipinski definition) is 0. The summed E-state index contributed by atoms with van der Waals surface area (Å²) in [5.41, 5.74) is 3.45. The highest BCUT2D eigenvalue weighted by molar-refractivity contribution is 6.87. The average molecular weight is 381 g/mol. The number of Topliss-reactive ketones (excluding diaryl/α,β-unsaturated/α-hetero) is 1. The van der Waals surface area contributed by atoms with E-state index in [0.29, 0.717) is 12.2 Å². The Morgan fingerprint density at radius 3 is 2.04 bits per heavy atom. The van der Waals surface area contributed by atoms with Crippen molar-refractivity contribution in [3.8, 4) is 0 Å². The van der Waals surface area contributed by atoms with Gasteiger partial charge in [-0.25, -0.2) is 0 Å². The molecule has 1 aromatic rings. The van der Waals surface area contributed by atoms with Crippen molar-refractivity contribution in [2.75, 3.05) is 0 Å². The highest BCUT2D eigenvalue weighted by Crippen LogP contribution is 2.28. The van der Waals surface area contributed by atoms with Crippen molar-refractivity contribution in [1.82, 2.24) is 0 Å². The van der Waals surface area contributed by atoms with Crippen LogP contribution in [-0.4, -0.2) is 31.0 Å². The van der Waals surface area contributed by atoms with Crippen LogP contribution in [0.5, 0.6) is 0 Å². The van der Waals surface area contributed by atoms with Gasteiger partial charge in [0.2, 0.25) is 0 Å². The summed E-state index contributed by atoms with van der Waals surface area (Å²) in [5.74, 6) is 0.292. The largest absolute Gasteiger partial charge is 0.437 e. The van der Waals surface area contributed by atoms with Gasteiger partial charge in [0, 0.05) is 12.0 Å². The van der Waals surface area contributed by atoms with Gasteiger partial charge in [-0.2, -0.15) is 0 Å². The first-order chi connectivity index (χ1) is 10.9. The average Bonchev–Trinajstić information content (AvgIpc) is 2.73. The lowest BCUT2D eigenvalue weighted by Gasteiger charge is -2.38. The number of carbonyl (C=O) groups is 1. The molecule has 134 valence electrons. The topological polar surface area (TPSA) is 35.5 Å². The highest BCUT2D eigenvalue weighted by atomic mass is 28.5. The molecule has 0 amide bonds. The molecule has 3 nitrogen and oxygen atoms in total. The molecule has 2 rings (SSSR count). The minimum atomic E-state index is -2.19. The van der Waals surface area contributed by atoms with Gasteiger partial charge in [0.15, 0.2) is 22.4 Å². The van der Waals surface area contributed by atoms with Crippen molar-refractivity contribution >= 4 is 31.0 Å². The second-order valence-corrected chi connectivity index (χ2v) is 21.8. The van der Waals surface area contributed by atoms with Crippen LogP contribution in [0.4, 0.5) is 0 Å². The fourth-order valence-corrected chi connectivity index (χ4v) is 15.9. The molecule has 0 radical (unpaired) electrons. The van der Waals surface area contributed by atoms with Crippen molar-refractivity contribution < 1.29 is 13.0 Å². The Morgan fingerprint density at radius 1 is 0.917 bits per heavy atom. The lowest BCUT2D eigenvalue weighted by Crippen LogP contribution is -2.52. The summed E-state index contributed by atoms with van der Waals surface area (Å²) >= 11 is 0. The zero-order chi connectivity index (χ0) is 18.2. The number of aryl methyl sites for hydroxylation is 2. The van der Waals surface area contributed by atoms with Crippen molar-refractivity contribution in [1.29, 1.82) is 0 Å². The predicted octanol–water partition coefficient (Wildman–Crippen LogP) is 5.13. The van der Waals surface area contributed by atoms with E-state index in [1.54, 1.807) is 0 Å². The minimum Gasteiger partial charge on any atom is -0.437 e. The smallest absolute Gasteiger partial charge is 0.314 e. The predicted molar refractivity (Wildman–Crippen MR) is 108 cm³/mol. The van der Waals surface area contributed by atoms with E-state index in [-0.39, 0.29) is 0 Å². The van der Waals surface area contributed by atoms with Gasteiger partial charge in [-0.3, -0.25) is 4.79 Å². The number of hydrogen-bond acceptors (Lipinski definition) is 3. The maximum Gasteiger partial charge on any atom is 0.314 e. The molecule has 0 fully saturated rings. The monoisotopic (exact) mass is 380 g/mol. The second kappa shape index (κ2) is 6.99. The van der Waals surface area contributed by atoms with Gasteiger partial charge < -0.3 is 8.23 Å². The summed E-state index contributed by atoms with van der Waals surface area (Å²) < 4.78 is 13.1. The van der Waals surface area contributed by atoms with E-state index < -0.39 is 25.2 Å². The van der Waals surface area contributed by atoms with E-state index in [1.807, 2.05) is 6.07 Å². The van der Waals surface area contributed by atoms with E-state index in [9.17, 15) is 4.79 Å². The first kappa shape index (κ1) is 19.8. The molecule has 0 spiro atoms. The van der Waals surface area contributed by atoms with E-state index in [1.165, 1.54) is 11.1 Å². The van der Waals surface area contributed by atoms with Gasteiger partial charge >= 0.3 is 8.56 Å². The third kappa shape index (κ3) is 5.77. The molecule has 0 saturated carbocycles. The van der Waals surface area contributed by atoms with Crippen LogP contribution in [0.3, 0.4) is 0 Å². The Morgan fingerprint density at radius 2 is 1.50 bits per heavy atom. The lowest BCUT2D eigenvalue weighted by molar-refractivity contribution is 0.0994. The molecular formula is C18H32O3Si3. The summed E-state index contributed by atoms with van der Waals surface area (Å²) in [7, 11) is -5.47. The van der Waals surface area contributed by atoms with Crippen LogP contribution in [0.1, 0.15) is 27.9 Å². The van der Waals surface area contributed by atoms with Crippen molar-refractivity contribution in [3.05, 3.63) is 34.9 Å². The van der Waals surface area contributed by atoms with E-state index in [4.69, 9.17) is 8.23 Å². The highest BCUT2D eigenvalue weighted by Gasteiger charge is 2.39. The number of ketones is 1. The van der Waals surface area contributed by atoms with Crippen LogP contribution in [0.15, 0.2) is 18.2 Å². The van der Waals surface area contributed by atoms with Crippen LogP contribution in [-0.2, 0) is 21.1 Å². The Labute approximate surface area is 150 Å². The van der Waals surface area contributed by atoms with E-state index in [0.717, 1.165) is 24.4 Å². The van der Waals surface area contributed by atoms with E-state index in [2.05, 4.69) is 58.0 Å². The Bertz CT molecular complexity index is 599. The van der Waals surface area contributed by atoms with Crippen LogP contribution < -0.4 is 0 Å². The molecule has 0 unspecified atom stereocenters. The van der Waals surface area contributed by atoms with Crippen LogP contribution >= 0.6 is 0 Å². The Hall–Kier alpha value is -0.539. The summed E-state index contributed by atoms with van der Waals surface area (Å²) in [6.45, 7) is 15.7. The molecule has 0 N–H and O–H groups in total. The maximum atomic E-state index is 11.8. The first-order valence-electron chi connectivity index (χ1n) is 8.92. The molecule has 1 aliphatic rings. The summed E-state index contributed by atoms with van der Waals surface area (Å²) in [5, 5.41) is 0. The molecule has 0 bridgehead atoms. The van der Waals surface area contributed by atoms with Gasteiger partial charge in [0.25, 0.3) is 0 Å². The van der Waals surface area contributed by atoms with Crippen molar-refractivity contribution in [2.45, 2.75) is 71.1 Å².